The van der Waals surface area contributed by atoms with Crippen molar-refractivity contribution in [2.75, 3.05) is 0 Å². The summed E-state index contributed by atoms with van der Waals surface area (Å²) < 4.78 is 0. The standard InChI is InChI=1S/C15H14N2O4S/c1-7-3-5-9(6-4-7)12-16-10-13(19)17(14(10)22-12)11(8(2)18)15(20)21/h3-6,10,14,18H,1-2H3,(H,20,21). The van der Waals surface area contributed by atoms with Crippen LogP contribution in [0.3, 0.4) is 0 Å². The van der Waals surface area contributed by atoms with Gasteiger partial charge in [0.25, 0.3) is 5.91 Å². The molecule has 0 aliphatic carbocycles. The van der Waals surface area contributed by atoms with Gasteiger partial charge >= 0.3 is 5.97 Å². The molecule has 22 heavy (non-hydrogen) atoms. The van der Waals surface area contributed by atoms with Gasteiger partial charge in [-0.1, -0.05) is 41.6 Å². The molecule has 3 rings (SSSR count). The number of carboxylic acids is 1. The number of rotatable bonds is 3. The van der Waals surface area contributed by atoms with Crippen molar-refractivity contribution in [2.24, 2.45) is 4.99 Å². The van der Waals surface area contributed by atoms with E-state index in [9.17, 15) is 19.8 Å². The molecule has 1 saturated heterocycles. The lowest BCUT2D eigenvalue weighted by atomic mass is 10.1. The van der Waals surface area contributed by atoms with Crippen LogP contribution in [0.5, 0.6) is 0 Å². The highest BCUT2D eigenvalue weighted by molar-refractivity contribution is 8.15. The zero-order valence-electron chi connectivity index (χ0n) is 12.0. The van der Waals surface area contributed by atoms with Crippen molar-refractivity contribution in [1.82, 2.24) is 4.90 Å². The van der Waals surface area contributed by atoms with Gasteiger partial charge in [-0.25, -0.2) is 4.79 Å². The van der Waals surface area contributed by atoms with Crippen LogP contribution >= 0.6 is 11.8 Å². The molecule has 1 amide bonds. The predicted octanol–water partition coefficient (Wildman–Crippen LogP) is 1.90. The third-order valence-corrected chi connectivity index (χ3v) is 4.86. The lowest BCUT2D eigenvalue weighted by Crippen LogP contribution is -2.61. The first kappa shape index (κ1) is 14.6. The summed E-state index contributed by atoms with van der Waals surface area (Å²) >= 11 is 1.34. The number of amides is 1. The van der Waals surface area contributed by atoms with E-state index in [1.165, 1.54) is 18.7 Å². The Morgan fingerprint density at radius 2 is 1.91 bits per heavy atom. The van der Waals surface area contributed by atoms with Gasteiger partial charge in [-0.15, -0.1) is 0 Å². The summed E-state index contributed by atoms with van der Waals surface area (Å²) in [6.07, 6.45) is 0. The lowest BCUT2D eigenvalue weighted by Gasteiger charge is -2.40. The van der Waals surface area contributed by atoms with Crippen molar-refractivity contribution in [3.63, 3.8) is 0 Å². The summed E-state index contributed by atoms with van der Waals surface area (Å²) in [6, 6.07) is 7.19. The van der Waals surface area contributed by atoms with Crippen LogP contribution in [0.2, 0.25) is 0 Å². The van der Waals surface area contributed by atoms with Crippen molar-refractivity contribution in [2.45, 2.75) is 25.3 Å². The second-order valence-electron chi connectivity index (χ2n) is 5.20. The number of hydrogen-bond donors (Lipinski definition) is 2. The Labute approximate surface area is 131 Å². The summed E-state index contributed by atoms with van der Waals surface area (Å²) in [5.41, 5.74) is 1.65. The number of hydrogen-bond acceptors (Lipinski definition) is 5. The Balaban J connectivity index is 1.86. The normalized spacial score (nSPS) is 24.4. The molecule has 2 N–H and O–H groups in total. The second-order valence-corrected chi connectivity index (χ2v) is 6.31. The fourth-order valence-corrected chi connectivity index (χ4v) is 3.76. The smallest absolute Gasteiger partial charge is 0.356 e. The molecule has 1 aromatic carbocycles. The van der Waals surface area contributed by atoms with Gasteiger partial charge in [0.1, 0.15) is 16.2 Å². The molecular weight excluding hydrogens is 304 g/mol. The van der Waals surface area contributed by atoms with Crippen molar-refractivity contribution in [3.8, 4) is 0 Å². The number of aliphatic carboxylic acids is 1. The number of aryl methyl sites for hydroxylation is 1. The van der Waals surface area contributed by atoms with Gasteiger partial charge in [0.15, 0.2) is 11.7 Å². The zero-order valence-corrected chi connectivity index (χ0v) is 12.8. The lowest BCUT2D eigenvalue weighted by molar-refractivity contribution is -0.147. The van der Waals surface area contributed by atoms with Gasteiger partial charge in [0, 0.05) is 5.56 Å². The summed E-state index contributed by atoms with van der Waals surface area (Å²) in [5, 5.41) is 19.0. The van der Waals surface area contributed by atoms with Crippen LogP contribution in [0.15, 0.2) is 40.7 Å². The summed E-state index contributed by atoms with van der Waals surface area (Å²) in [4.78, 5) is 28.8. The van der Waals surface area contributed by atoms with E-state index in [2.05, 4.69) is 4.99 Å². The maximum Gasteiger partial charge on any atom is 0.356 e. The van der Waals surface area contributed by atoms with Crippen molar-refractivity contribution in [1.29, 1.82) is 0 Å². The van der Waals surface area contributed by atoms with Crippen LogP contribution in [-0.4, -0.2) is 43.4 Å². The van der Waals surface area contributed by atoms with Crippen LogP contribution in [0.25, 0.3) is 0 Å². The van der Waals surface area contributed by atoms with Crippen LogP contribution in [-0.2, 0) is 9.59 Å². The fraction of sp³-hybridized carbons (Fsp3) is 0.267. The van der Waals surface area contributed by atoms with Gasteiger partial charge in [-0.3, -0.25) is 14.7 Å². The first-order valence-corrected chi connectivity index (χ1v) is 7.56. The van der Waals surface area contributed by atoms with E-state index in [1.54, 1.807) is 0 Å². The molecule has 7 heteroatoms. The minimum absolute atomic E-state index is 0.376. The number of allylic oxidation sites excluding steroid dienone is 1. The van der Waals surface area contributed by atoms with Gasteiger partial charge in [0.2, 0.25) is 0 Å². The monoisotopic (exact) mass is 318 g/mol. The van der Waals surface area contributed by atoms with Crippen LogP contribution < -0.4 is 0 Å². The number of β-lactam (4-membered cyclic amide) rings is 1. The van der Waals surface area contributed by atoms with E-state index in [1.807, 2.05) is 31.2 Å². The number of benzene rings is 1. The Kier molecular flexibility index (Phi) is 3.44. The summed E-state index contributed by atoms with van der Waals surface area (Å²) in [6.45, 7) is 3.24. The van der Waals surface area contributed by atoms with Crippen LogP contribution in [0.4, 0.5) is 0 Å². The number of likely N-dealkylation sites (tertiary alicyclic amines) is 1. The molecule has 2 heterocycles. The minimum Gasteiger partial charge on any atom is -0.510 e. The first-order chi connectivity index (χ1) is 10.4. The van der Waals surface area contributed by atoms with E-state index in [-0.39, 0.29) is 11.5 Å². The largest absolute Gasteiger partial charge is 0.510 e. The molecule has 0 radical (unpaired) electrons. The highest BCUT2D eigenvalue weighted by Gasteiger charge is 2.55. The third kappa shape index (κ3) is 2.18. The van der Waals surface area contributed by atoms with Gasteiger partial charge < -0.3 is 10.2 Å². The van der Waals surface area contributed by atoms with Gasteiger partial charge in [-0.05, 0) is 13.8 Å². The number of aliphatic hydroxyl groups is 1. The molecule has 2 unspecified atom stereocenters. The highest BCUT2D eigenvalue weighted by atomic mass is 32.2. The van der Waals surface area contributed by atoms with E-state index in [4.69, 9.17) is 0 Å². The number of carbonyl (C=O) groups is 2. The summed E-state index contributed by atoms with van der Waals surface area (Å²) in [5.74, 6) is -2.11. The quantitative estimate of drug-likeness (QED) is 0.505. The number of thioether (sulfide) groups is 1. The molecule has 0 spiro atoms. The average Bonchev–Trinajstić information content (AvgIpc) is 2.84. The molecule has 1 fully saturated rings. The summed E-state index contributed by atoms with van der Waals surface area (Å²) in [7, 11) is 0. The SMILES string of the molecule is CC(O)=C(C(=O)O)N1C(=O)C2N=C(c3ccc(C)cc3)SC21. The van der Waals surface area contributed by atoms with E-state index in [0.717, 1.165) is 16.0 Å². The minimum atomic E-state index is -1.32. The zero-order chi connectivity index (χ0) is 16.0. The maximum atomic E-state index is 12.1. The Morgan fingerprint density at radius 3 is 2.45 bits per heavy atom. The van der Waals surface area contributed by atoms with Gasteiger partial charge in [-0.2, -0.15) is 0 Å². The number of fused-ring (bicyclic) bond motifs is 1. The average molecular weight is 318 g/mol. The Hall–Kier alpha value is -2.28. The maximum absolute atomic E-state index is 12.1. The number of aliphatic imine (C=N–C) groups is 1. The van der Waals surface area contributed by atoms with Crippen LogP contribution in [0.1, 0.15) is 18.1 Å². The molecule has 0 bridgehead atoms. The molecule has 2 atom stereocenters. The van der Waals surface area contributed by atoms with E-state index >= 15 is 0 Å². The first-order valence-electron chi connectivity index (χ1n) is 6.68. The Morgan fingerprint density at radius 1 is 1.27 bits per heavy atom. The molecule has 6 nitrogen and oxygen atoms in total. The van der Waals surface area contributed by atoms with E-state index in [0.29, 0.717) is 5.04 Å². The van der Waals surface area contributed by atoms with Crippen molar-refractivity contribution < 1.29 is 19.8 Å². The number of carbonyl (C=O) groups excluding carboxylic acids is 1. The molecular formula is C15H14N2O4S. The molecule has 0 aromatic heterocycles. The molecule has 1 aromatic rings. The number of aliphatic hydroxyl groups excluding tert-OH is 1. The van der Waals surface area contributed by atoms with Gasteiger partial charge in [0.05, 0.1) is 0 Å². The fourth-order valence-electron chi connectivity index (χ4n) is 2.46. The predicted molar refractivity (Wildman–Crippen MR) is 82.7 cm³/mol. The highest BCUT2D eigenvalue weighted by Crippen LogP contribution is 2.43. The van der Waals surface area contributed by atoms with Crippen molar-refractivity contribution in [3.05, 3.63) is 46.8 Å². The topological polar surface area (TPSA) is 90.2 Å². The number of carboxylic acid groups (broad SMARTS) is 1. The molecule has 2 aliphatic rings. The van der Waals surface area contributed by atoms with Crippen LogP contribution in [0, 0.1) is 6.92 Å². The third-order valence-electron chi connectivity index (χ3n) is 3.59. The number of nitrogens with zero attached hydrogens (tertiary/aromatic N) is 2. The molecule has 2 aliphatic heterocycles. The molecule has 0 saturated carbocycles. The second kappa shape index (κ2) is 5.17. The molecule has 114 valence electrons. The Bertz CT molecular complexity index is 720. The van der Waals surface area contributed by atoms with Crippen molar-refractivity contribution >= 4 is 28.7 Å². The van der Waals surface area contributed by atoms with E-state index < -0.39 is 23.3 Å².